The topological polar surface area (TPSA) is 126 Å². The first kappa shape index (κ1) is 23.3. The molecule has 30 heavy (non-hydrogen) atoms. The lowest BCUT2D eigenvalue weighted by molar-refractivity contribution is -0.145. The smallest absolute Gasteiger partial charge is 0.325 e. The molecule has 1 aliphatic heterocycles. The Kier molecular flexibility index (Phi) is 9.27. The molecule has 1 aromatic rings. The van der Waals surface area contributed by atoms with Crippen molar-refractivity contribution in [2.75, 3.05) is 19.6 Å². The van der Waals surface area contributed by atoms with Crippen LogP contribution in [0.2, 0.25) is 0 Å². The Hall–Kier alpha value is -2.94. The highest BCUT2D eigenvalue weighted by molar-refractivity contribution is 5.92. The number of carbonyl (C=O) groups excluding carboxylic acids is 4. The normalized spacial score (nSPS) is 16.6. The van der Waals surface area contributed by atoms with Gasteiger partial charge in [0.15, 0.2) is 0 Å². The van der Waals surface area contributed by atoms with Gasteiger partial charge in [-0.3, -0.25) is 19.2 Å². The Labute approximate surface area is 176 Å². The van der Waals surface area contributed by atoms with Crippen molar-refractivity contribution in [2.24, 2.45) is 5.92 Å². The van der Waals surface area contributed by atoms with E-state index < -0.39 is 23.8 Å². The molecule has 0 bridgehead atoms. The zero-order valence-electron chi connectivity index (χ0n) is 17.4. The van der Waals surface area contributed by atoms with E-state index in [1.807, 2.05) is 30.3 Å². The Morgan fingerprint density at radius 1 is 1.10 bits per heavy atom. The fraction of sp³-hybridized carbons (Fsp3) is 0.524. The predicted molar refractivity (Wildman–Crippen MR) is 110 cm³/mol. The van der Waals surface area contributed by atoms with Gasteiger partial charge in [-0.2, -0.15) is 0 Å². The van der Waals surface area contributed by atoms with Gasteiger partial charge in [0.1, 0.15) is 19.2 Å². The third-order valence-corrected chi connectivity index (χ3v) is 4.72. The van der Waals surface area contributed by atoms with Gasteiger partial charge in [-0.25, -0.2) is 0 Å². The maximum Gasteiger partial charge on any atom is 0.325 e. The lowest BCUT2D eigenvalue weighted by Crippen LogP contribution is -2.53. The number of benzene rings is 1. The second-order valence-corrected chi connectivity index (χ2v) is 7.52. The number of amides is 3. The van der Waals surface area contributed by atoms with E-state index in [1.54, 1.807) is 13.8 Å². The maximum absolute atomic E-state index is 12.4. The van der Waals surface area contributed by atoms with Crippen LogP contribution in [0.1, 0.15) is 32.3 Å². The van der Waals surface area contributed by atoms with Crippen LogP contribution in [-0.4, -0.2) is 55.4 Å². The van der Waals surface area contributed by atoms with Crippen LogP contribution in [-0.2, 0) is 30.5 Å². The maximum atomic E-state index is 12.4. The van der Waals surface area contributed by atoms with Crippen molar-refractivity contribution in [3.8, 4) is 0 Å². The third kappa shape index (κ3) is 7.82. The average molecular weight is 418 g/mol. The fourth-order valence-electron chi connectivity index (χ4n) is 3.02. The minimum Gasteiger partial charge on any atom is -0.460 e. The molecular weight excluding hydrogens is 388 g/mol. The van der Waals surface area contributed by atoms with Gasteiger partial charge in [-0.05, 0) is 30.9 Å². The van der Waals surface area contributed by atoms with Crippen molar-refractivity contribution < 1.29 is 23.9 Å². The minimum absolute atomic E-state index is 0.120. The van der Waals surface area contributed by atoms with Crippen molar-refractivity contribution in [3.63, 3.8) is 0 Å². The number of rotatable bonds is 10. The van der Waals surface area contributed by atoms with Crippen LogP contribution in [0.15, 0.2) is 30.3 Å². The summed E-state index contributed by atoms with van der Waals surface area (Å²) in [5.74, 6) is -1.96. The molecule has 0 unspecified atom stereocenters. The first-order chi connectivity index (χ1) is 14.4. The first-order valence-corrected chi connectivity index (χ1v) is 10.1. The third-order valence-electron chi connectivity index (χ3n) is 4.72. The molecule has 2 atom stereocenters. The Balaban J connectivity index is 1.72. The van der Waals surface area contributed by atoms with Gasteiger partial charge in [0.2, 0.25) is 17.7 Å². The van der Waals surface area contributed by atoms with Crippen molar-refractivity contribution in [1.82, 2.24) is 21.3 Å². The molecule has 2 rings (SSSR count). The molecule has 1 aromatic carbocycles. The lowest BCUT2D eigenvalue weighted by atomic mass is 10.0. The molecule has 9 heteroatoms. The van der Waals surface area contributed by atoms with E-state index in [0.29, 0.717) is 0 Å². The Bertz CT molecular complexity index is 732. The van der Waals surface area contributed by atoms with E-state index in [4.69, 9.17) is 4.74 Å². The van der Waals surface area contributed by atoms with Gasteiger partial charge >= 0.3 is 5.97 Å². The van der Waals surface area contributed by atoms with Crippen LogP contribution in [0, 0.1) is 5.92 Å². The second kappa shape index (κ2) is 11.9. The zero-order valence-corrected chi connectivity index (χ0v) is 17.4. The number of hydrogen-bond donors (Lipinski definition) is 4. The van der Waals surface area contributed by atoms with E-state index in [2.05, 4.69) is 21.3 Å². The molecule has 1 fully saturated rings. The summed E-state index contributed by atoms with van der Waals surface area (Å²) in [4.78, 5) is 48.4. The molecule has 4 N–H and O–H groups in total. The summed E-state index contributed by atoms with van der Waals surface area (Å²) >= 11 is 0. The quantitative estimate of drug-likeness (QED) is 0.392. The van der Waals surface area contributed by atoms with Crippen LogP contribution in [0.4, 0.5) is 0 Å². The fourth-order valence-corrected chi connectivity index (χ4v) is 3.02. The first-order valence-electron chi connectivity index (χ1n) is 10.1. The van der Waals surface area contributed by atoms with Gasteiger partial charge in [0.25, 0.3) is 0 Å². The van der Waals surface area contributed by atoms with Crippen LogP contribution >= 0.6 is 0 Å². The summed E-state index contributed by atoms with van der Waals surface area (Å²) in [5.41, 5.74) is 0.847. The van der Waals surface area contributed by atoms with Crippen LogP contribution in [0.5, 0.6) is 0 Å². The summed E-state index contributed by atoms with van der Waals surface area (Å²) in [6.45, 7) is 3.95. The number of esters is 1. The summed E-state index contributed by atoms with van der Waals surface area (Å²) in [6, 6.07) is 8.10. The lowest BCUT2D eigenvalue weighted by Gasteiger charge is -2.22. The minimum atomic E-state index is -0.832. The van der Waals surface area contributed by atoms with Gasteiger partial charge in [-0.15, -0.1) is 0 Å². The molecule has 0 radical (unpaired) electrons. The van der Waals surface area contributed by atoms with Gasteiger partial charge < -0.3 is 26.0 Å². The van der Waals surface area contributed by atoms with E-state index in [1.165, 1.54) is 0 Å². The van der Waals surface area contributed by atoms with Crippen LogP contribution in [0.3, 0.4) is 0 Å². The summed E-state index contributed by atoms with van der Waals surface area (Å²) in [6.07, 6.45) is 1.67. The standard InChI is InChI=1S/C21H30N4O5/c1-14(2)19(25-17(26)11-23-20(28)16-9-6-10-22-16)21(29)24-12-18(27)30-13-15-7-4-3-5-8-15/h3-5,7-8,14,16,19,22H,6,9-13H2,1-2H3,(H,23,28)(H,24,29)(H,25,26)/t16-,19-/m0/s1. The summed E-state index contributed by atoms with van der Waals surface area (Å²) in [5, 5.41) is 10.7. The van der Waals surface area contributed by atoms with E-state index in [-0.39, 0.29) is 37.6 Å². The number of nitrogens with one attached hydrogen (secondary N) is 4. The van der Waals surface area contributed by atoms with Crippen molar-refractivity contribution in [3.05, 3.63) is 35.9 Å². The molecule has 3 amide bonds. The SMILES string of the molecule is CC(C)[C@H](NC(=O)CNC(=O)[C@@H]1CCCN1)C(=O)NCC(=O)OCc1ccccc1. The molecule has 1 aliphatic rings. The van der Waals surface area contributed by atoms with Crippen molar-refractivity contribution in [1.29, 1.82) is 0 Å². The van der Waals surface area contributed by atoms with E-state index in [9.17, 15) is 19.2 Å². The molecule has 0 aromatic heterocycles. The molecule has 1 saturated heterocycles. The molecule has 0 saturated carbocycles. The largest absolute Gasteiger partial charge is 0.460 e. The molecule has 1 heterocycles. The average Bonchev–Trinajstić information content (AvgIpc) is 3.28. The van der Waals surface area contributed by atoms with Gasteiger partial charge in [0.05, 0.1) is 12.6 Å². The Morgan fingerprint density at radius 3 is 2.47 bits per heavy atom. The van der Waals surface area contributed by atoms with Crippen LogP contribution in [0.25, 0.3) is 0 Å². The molecule has 0 aliphatic carbocycles. The highest BCUT2D eigenvalue weighted by Crippen LogP contribution is 2.05. The molecule has 164 valence electrons. The number of carbonyl (C=O) groups is 4. The van der Waals surface area contributed by atoms with Crippen LogP contribution < -0.4 is 21.3 Å². The zero-order chi connectivity index (χ0) is 21.9. The second-order valence-electron chi connectivity index (χ2n) is 7.52. The molecule has 9 nitrogen and oxygen atoms in total. The van der Waals surface area contributed by atoms with Crippen molar-refractivity contribution in [2.45, 2.75) is 45.4 Å². The number of hydrogen-bond acceptors (Lipinski definition) is 6. The molecular formula is C21H30N4O5. The van der Waals surface area contributed by atoms with Gasteiger partial charge in [0, 0.05) is 0 Å². The predicted octanol–water partition coefficient (Wildman–Crippen LogP) is -0.145. The summed E-state index contributed by atoms with van der Waals surface area (Å²) in [7, 11) is 0. The molecule has 0 spiro atoms. The van der Waals surface area contributed by atoms with E-state index >= 15 is 0 Å². The Morgan fingerprint density at radius 2 is 1.83 bits per heavy atom. The van der Waals surface area contributed by atoms with E-state index in [0.717, 1.165) is 24.9 Å². The highest BCUT2D eigenvalue weighted by atomic mass is 16.5. The monoisotopic (exact) mass is 418 g/mol. The van der Waals surface area contributed by atoms with Gasteiger partial charge in [-0.1, -0.05) is 44.2 Å². The number of ether oxygens (including phenoxy) is 1. The summed E-state index contributed by atoms with van der Waals surface area (Å²) < 4.78 is 5.12. The van der Waals surface area contributed by atoms with Crippen molar-refractivity contribution >= 4 is 23.7 Å². The highest BCUT2D eigenvalue weighted by Gasteiger charge is 2.26.